The summed E-state index contributed by atoms with van der Waals surface area (Å²) in [5, 5.41) is 0. The first kappa shape index (κ1) is 13.4. The number of nitrogens with two attached hydrogens (primary N) is 1. The van der Waals surface area contributed by atoms with Crippen LogP contribution in [0.1, 0.15) is 25.0 Å². The van der Waals surface area contributed by atoms with E-state index in [-0.39, 0.29) is 11.0 Å². The summed E-state index contributed by atoms with van der Waals surface area (Å²) in [5.41, 5.74) is 6.62. The second-order valence-electron chi connectivity index (χ2n) is 5.33. The molecule has 0 radical (unpaired) electrons. The van der Waals surface area contributed by atoms with E-state index in [1.807, 2.05) is 0 Å². The molecule has 1 saturated heterocycles. The molecule has 2 nitrogen and oxygen atoms in total. The van der Waals surface area contributed by atoms with Gasteiger partial charge in [0.15, 0.2) is 0 Å². The normalized spacial score (nSPS) is 18.8. The average molecular weight is 255 g/mol. The fraction of sp³-hybridized carbons (Fsp3) is 0.571. The minimum atomic E-state index is -2.79. The molecule has 1 aliphatic heterocycles. The second-order valence-corrected chi connectivity index (χ2v) is 5.33. The van der Waals surface area contributed by atoms with Gasteiger partial charge in [0.25, 0.3) is 5.92 Å². The largest absolute Gasteiger partial charge is 0.379 e. The summed E-state index contributed by atoms with van der Waals surface area (Å²) < 4.78 is 32.9. The average Bonchev–Trinajstić information content (AvgIpc) is 2.29. The number of hydrogen-bond donors (Lipinski definition) is 1. The van der Waals surface area contributed by atoms with Crippen LogP contribution in [0.25, 0.3) is 0 Å². The van der Waals surface area contributed by atoms with Crippen molar-refractivity contribution in [2.45, 2.75) is 25.2 Å². The van der Waals surface area contributed by atoms with Gasteiger partial charge in [0, 0.05) is 18.0 Å². The van der Waals surface area contributed by atoms with Crippen LogP contribution in [0, 0.1) is 5.92 Å². The first-order valence-electron chi connectivity index (χ1n) is 6.19. The molecule has 0 aromatic heterocycles. The van der Waals surface area contributed by atoms with Crippen molar-refractivity contribution >= 4 is 0 Å². The van der Waals surface area contributed by atoms with Gasteiger partial charge in [-0.1, -0.05) is 38.1 Å². The molecule has 1 heterocycles. The maximum absolute atomic E-state index is 13.8. The van der Waals surface area contributed by atoms with Crippen molar-refractivity contribution < 1.29 is 13.5 Å². The predicted octanol–water partition coefficient (Wildman–Crippen LogP) is 2.66. The zero-order chi connectivity index (χ0) is 13.4. The fourth-order valence-corrected chi connectivity index (χ4v) is 2.13. The molecular formula is C14H19F2NO. The summed E-state index contributed by atoms with van der Waals surface area (Å²) in [6, 6.07) is 6.51. The molecule has 18 heavy (non-hydrogen) atoms. The zero-order valence-corrected chi connectivity index (χ0v) is 10.7. The summed E-state index contributed by atoms with van der Waals surface area (Å²) in [6.45, 7) is 4.67. The molecule has 0 spiro atoms. The van der Waals surface area contributed by atoms with Gasteiger partial charge in [0.2, 0.25) is 0 Å². The lowest BCUT2D eigenvalue weighted by molar-refractivity contribution is -0.0561. The van der Waals surface area contributed by atoms with Crippen molar-refractivity contribution in [1.29, 1.82) is 0 Å². The highest BCUT2D eigenvalue weighted by Crippen LogP contribution is 2.37. The van der Waals surface area contributed by atoms with Gasteiger partial charge < -0.3 is 10.5 Å². The molecule has 0 saturated carbocycles. The molecule has 1 aromatic carbocycles. The van der Waals surface area contributed by atoms with Crippen LogP contribution in [0.2, 0.25) is 0 Å². The monoisotopic (exact) mass is 255 g/mol. The number of benzene rings is 1. The molecule has 1 aliphatic rings. The van der Waals surface area contributed by atoms with Crippen LogP contribution in [0.3, 0.4) is 0 Å². The lowest BCUT2D eigenvalue weighted by Crippen LogP contribution is -2.52. The van der Waals surface area contributed by atoms with Gasteiger partial charge in [0.1, 0.15) is 0 Å². The standard InChI is InChI=1S/C14H19F2NO/c1-10(2)14(15,16)12-5-3-11(4-6-12)13(7-17)8-18-9-13/h3-6,10H,7-9,17H2,1-2H3. The highest BCUT2D eigenvalue weighted by Gasteiger charge is 2.40. The van der Waals surface area contributed by atoms with Crippen molar-refractivity contribution in [1.82, 2.24) is 0 Å². The van der Waals surface area contributed by atoms with E-state index in [9.17, 15) is 8.78 Å². The Morgan fingerprint density at radius 3 is 2.17 bits per heavy atom. The summed E-state index contributed by atoms with van der Waals surface area (Å²) >= 11 is 0. The van der Waals surface area contributed by atoms with Crippen LogP contribution >= 0.6 is 0 Å². The van der Waals surface area contributed by atoms with Crippen LogP contribution in [-0.2, 0) is 16.1 Å². The third-order valence-corrected chi connectivity index (χ3v) is 3.75. The Labute approximate surface area is 106 Å². The topological polar surface area (TPSA) is 35.2 Å². The van der Waals surface area contributed by atoms with E-state index in [2.05, 4.69) is 0 Å². The van der Waals surface area contributed by atoms with Gasteiger partial charge in [-0.25, -0.2) is 8.78 Å². The predicted molar refractivity (Wildman–Crippen MR) is 66.7 cm³/mol. The minimum absolute atomic E-state index is 0.0636. The summed E-state index contributed by atoms with van der Waals surface area (Å²) in [4.78, 5) is 0. The maximum Gasteiger partial charge on any atom is 0.275 e. The van der Waals surface area contributed by atoms with E-state index in [0.717, 1.165) is 5.56 Å². The number of rotatable bonds is 4. The minimum Gasteiger partial charge on any atom is -0.379 e. The second kappa shape index (κ2) is 4.59. The molecule has 100 valence electrons. The first-order chi connectivity index (χ1) is 8.42. The molecule has 2 N–H and O–H groups in total. The maximum atomic E-state index is 13.8. The fourth-order valence-electron chi connectivity index (χ4n) is 2.13. The van der Waals surface area contributed by atoms with Crippen LogP contribution in [-0.4, -0.2) is 19.8 Å². The van der Waals surface area contributed by atoms with E-state index >= 15 is 0 Å². The molecule has 1 fully saturated rings. The van der Waals surface area contributed by atoms with Crippen molar-refractivity contribution in [3.63, 3.8) is 0 Å². The zero-order valence-electron chi connectivity index (χ0n) is 10.7. The first-order valence-corrected chi connectivity index (χ1v) is 6.19. The van der Waals surface area contributed by atoms with E-state index in [1.54, 1.807) is 12.1 Å². The SMILES string of the molecule is CC(C)C(F)(F)c1ccc(C2(CN)COC2)cc1. The van der Waals surface area contributed by atoms with Crippen LogP contribution < -0.4 is 5.73 Å². The van der Waals surface area contributed by atoms with Crippen molar-refractivity contribution in [2.75, 3.05) is 19.8 Å². The van der Waals surface area contributed by atoms with Gasteiger partial charge in [-0.15, -0.1) is 0 Å². The van der Waals surface area contributed by atoms with Crippen LogP contribution in [0.15, 0.2) is 24.3 Å². The highest BCUT2D eigenvalue weighted by molar-refractivity contribution is 5.33. The Morgan fingerprint density at radius 1 is 1.28 bits per heavy atom. The van der Waals surface area contributed by atoms with Crippen molar-refractivity contribution in [3.05, 3.63) is 35.4 Å². The molecule has 0 atom stereocenters. The van der Waals surface area contributed by atoms with Gasteiger partial charge in [-0.2, -0.15) is 0 Å². The van der Waals surface area contributed by atoms with Gasteiger partial charge in [-0.3, -0.25) is 0 Å². The van der Waals surface area contributed by atoms with E-state index < -0.39 is 11.8 Å². The summed E-state index contributed by atoms with van der Waals surface area (Å²) in [6.07, 6.45) is 0. The van der Waals surface area contributed by atoms with Crippen LogP contribution in [0.4, 0.5) is 8.78 Å². The molecule has 0 unspecified atom stereocenters. The third kappa shape index (κ3) is 2.04. The van der Waals surface area contributed by atoms with Gasteiger partial charge in [0.05, 0.1) is 18.6 Å². The summed E-state index contributed by atoms with van der Waals surface area (Å²) in [7, 11) is 0. The number of ether oxygens (including phenoxy) is 1. The smallest absolute Gasteiger partial charge is 0.275 e. The molecule has 0 bridgehead atoms. The summed E-state index contributed by atoms with van der Waals surface area (Å²) in [5.74, 6) is -3.50. The molecule has 0 amide bonds. The Balaban J connectivity index is 2.25. The van der Waals surface area contributed by atoms with Gasteiger partial charge in [-0.05, 0) is 5.56 Å². The molecular weight excluding hydrogens is 236 g/mol. The Morgan fingerprint density at radius 2 is 1.83 bits per heavy atom. The number of hydrogen-bond acceptors (Lipinski definition) is 2. The quantitative estimate of drug-likeness (QED) is 0.897. The highest BCUT2D eigenvalue weighted by atomic mass is 19.3. The van der Waals surface area contributed by atoms with Gasteiger partial charge >= 0.3 is 0 Å². The number of alkyl halides is 2. The Kier molecular flexibility index (Phi) is 3.43. The third-order valence-electron chi connectivity index (χ3n) is 3.75. The van der Waals surface area contributed by atoms with E-state index in [4.69, 9.17) is 10.5 Å². The Bertz CT molecular complexity index is 384. The lowest BCUT2D eigenvalue weighted by Gasteiger charge is -2.41. The molecule has 4 heteroatoms. The number of halogens is 2. The molecule has 1 aromatic rings. The molecule has 2 rings (SSSR count). The molecule has 0 aliphatic carbocycles. The van der Waals surface area contributed by atoms with Crippen molar-refractivity contribution in [2.24, 2.45) is 11.7 Å². The Hall–Kier alpha value is -1.00. The van der Waals surface area contributed by atoms with Crippen LogP contribution in [0.5, 0.6) is 0 Å². The van der Waals surface area contributed by atoms with E-state index in [0.29, 0.717) is 19.8 Å². The lowest BCUT2D eigenvalue weighted by atomic mass is 9.78. The van der Waals surface area contributed by atoms with Crippen molar-refractivity contribution in [3.8, 4) is 0 Å². The van der Waals surface area contributed by atoms with E-state index in [1.165, 1.54) is 26.0 Å².